The molecule has 0 aliphatic carbocycles. The molecule has 0 bridgehead atoms. The van der Waals surface area contributed by atoms with Gasteiger partial charge in [-0.25, -0.2) is 0 Å². The third-order valence-corrected chi connectivity index (χ3v) is 2.45. The van der Waals surface area contributed by atoms with Crippen LogP contribution in [0.5, 0.6) is 0 Å². The Morgan fingerprint density at radius 1 is 1.78 bits per heavy atom. The normalized spacial score (nSPS) is 29.6. The Labute approximate surface area is 62.9 Å². The van der Waals surface area contributed by atoms with Crippen LogP contribution in [-0.2, 0) is 4.74 Å². The Balaban J connectivity index is 2.34. The lowest BCUT2D eigenvalue weighted by molar-refractivity contribution is 0.187. The van der Waals surface area contributed by atoms with E-state index in [0.717, 1.165) is 19.6 Å². The van der Waals surface area contributed by atoms with Crippen molar-refractivity contribution >= 4 is 15.9 Å². The van der Waals surface area contributed by atoms with Crippen molar-refractivity contribution in [2.45, 2.75) is 11.2 Å². The molecule has 0 saturated carbocycles. The van der Waals surface area contributed by atoms with Crippen LogP contribution in [0.15, 0.2) is 0 Å². The molecule has 1 aliphatic rings. The summed E-state index contributed by atoms with van der Waals surface area (Å²) in [6, 6.07) is 2.14. The zero-order valence-corrected chi connectivity index (χ0v) is 6.60. The van der Waals surface area contributed by atoms with Gasteiger partial charge >= 0.3 is 0 Å². The number of halogens is 1. The van der Waals surface area contributed by atoms with E-state index in [9.17, 15) is 0 Å². The number of hydrogen-bond acceptors (Lipinski definition) is 2. The van der Waals surface area contributed by atoms with Crippen molar-refractivity contribution in [3.63, 3.8) is 0 Å². The second-order valence-corrected chi connectivity index (χ2v) is 3.14. The minimum atomic E-state index is -0.0139. The Bertz CT molecular complexity index is 126. The van der Waals surface area contributed by atoms with Crippen molar-refractivity contribution in [1.29, 1.82) is 5.26 Å². The molecule has 2 unspecified atom stereocenters. The van der Waals surface area contributed by atoms with E-state index in [1.807, 2.05) is 0 Å². The van der Waals surface area contributed by atoms with Crippen molar-refractivity contribution in [3.8, 4) is 6.07 Å². The smallest absolute Gasteiger partial charge is 0.106 e. The molecule has 0 aromatic rings. The van der Waals surface area contributed by atoms with E-state index in [1.165, 1.54) is 0 Å². The molecule has 1 heterocycles. The average Bonchev–Trinajstić information content (AvgIpc) is 2.37. The van der Waals surface area contributed by atoms with Crippen molar-refractivity contribution in [3.05, 3.63) is 0 Å². The highest BCUT2D eigenvalue weighted by Gasteiger charge is 2.22. The van der Waals surface area contributed by atoms with E-state index < -0.39 is 0 Å². The van der Waals surface area contributed by atoms with Crippen LogP contribution >= 0.6 is 15.9 Å². The Kier molecular flexibility index (Phi) is 2.49. The quantitative estimate of drug-likeness (QED) is 0.584. The fraction of sp³-hybridized carbons (Fsp3) is 0.833. The van der Waals surface area contributed by atoms with E-state index in [-0.39, 0.29) is 4.83 Å². The van der Waals surface area contributed by atoms with Gasteiger partial charge in [-0.2, -0.15) is 5.26 Å². The molecule has 0 N–H and O–H groups in total. The van der Waals surface area contributed by atoms with E-state index in [1.54, 1.807) is 0 Å². The van der Waals surface area contributed by atoms with Crippen LogP contribution in [0.2, 0.25) is 0 Å². The second kappa shape index (κ2) is 3.19. The van der Waals surface area contributed by atoms with Crippen molar-refractivity contribution < 1.29 is 4.74 Å². The molecule has 3 heteroatoms. The molecule has 0 amide bonds. The van der Waals surface area contributed by atoms with Crippen LogP contribution in [0.4, 0.5) is 0 Å². The van der Waals surface area contributed by atoms with Gasteiger partial charge in [-0.05, 0) is 6.42 Å². The predicted octanol–water partition coefficient (Wildman–Crippen LogP) is 1.31. The fourth-order valence-corrected chi connectivity index (χ4v) is 1.31. The zero-order valence-electron chi connectivity index (χ0n) is 5.01. The lowest BCUT2D eigenvalue weighted by Crippen LogP contribution is -2.11. The second-order valence-electron chi connectivity index (χ2n) is 2.15. The Hall–Kier alpha value is -0.0700. The summed E-state index contributed by atoms with van der Waals surface area (Å²) >= 11 is 3.26. The first kappa shape index (κ1) is 7.04. The summed E-state index contributed by atoms with van der Waals surface area (Å²) in [5.41, 5.74) is 0. The molecule has 0 radical (unpaired) electrons. The molecule has 1 fully saturated rings. The van der Waals surface area contributed by atoms with Gasteiger partial charge in [0.1, 0.15) is 4.83 Å². The summed E-state index contributed by atoms with van der Waals surface area (Å²) in [7, 11) is 0. The minimum absolute atomic E-state index is 0.0139. The van der Waals surface area contributed by atoms with Crippen molar-refractivity contribution in [1.82, 2.24) is 0 Å². The van der Waals surface area contributed by atoms with Crippen molar-refractivity contribution in [2.24, 2.45) is 5.92 Å². The van der Waals surface area contributed by atoms with Crippen LogP contribution < -0.4 is 0 Å². The van der Waals surface area contributed by atoms with E-state index in [0.29, 0.717) is 5.92 Å². The third-order valence-electron chi connectivity index (χ3n) is 1.50. The molecule has 0 aromatic heterocycles. The van der Waals surface area contributed by atoms with Crippen LogP contribution in [0.3, 0.4) is 0 Å². The van der Waals surface area contributed by atoms with Gasteiger partial charge in [-0.15, -0.1) is 0 Å². The van der Waals surface area contributed by atoms with Crippen LogP contribution in [0.1, 0.15) is 6.42 Å². The average molecular weight is 190 g/mol. The summed E-state index contributed by atoms with van der Waals surface area (Å²) in [4.78, 5) is -0.0139. The lowest BCUT2D eigenvalue weighted by Gasteiger charge is -2.05. The molecule has 2 nitrogen and oxygen atoms in total. The van der Waals surface area contributed by atoms with Gasteiger partial charge in [0.15, 0.2) is 0 Å². The Morgan fingerprint density at radius 2 is 2.56 bits per heavy atom. The molecule has 1 aliphatic heterocycles. The predicted molar refractivity (Wildman–Crippen MR) is 37.3 cm³/mol. The highest BCUT2D eigenvalue weighted by molar-refractivity contribution is 9.09. The first-order chi connectivity index (χ1) is 4.34. The number of hydrogen-bond donors (Lipinski definition) is 0. The van der Waals surface area contributed by atoms with E-state index in [4.69, 9.17) is 10.00 Å². The summed E-state index contributed by atoms with van der Waals surface area (Å²) in [6.07, 6.45) is 1.02. The molecule has 0 spiro atoms. The molecule has 9 heavy (non-hydrogen) atoms. The molecule has 0 aromatic carbocycles. The monoisotopic (exact) mass is 189 g/mol. The van der Waals surface area contributed by atoms with Crippen LogP contribution in [0, 0.1) is 17.2 Å². The number of alkyl halides is 1. The third kappa shape index (κ3) is 1.67. The maximum absolute atomic E-state index is 8.44. The van der Waals surface area contributed by atoms with Gasteiger partial charge < -0.3 is 4.74 Å². The summed E-state index contributed by atoms with van der Waals surface area (Å²) < 4.78 is 5.10. The molecule has 1 saturated heterocycles. The number of nitrogens with zero attached hydrogens (tertiary/aromatic N) is 1. The van der Waals surface area contributed by atoms with Gasteiger partial charge in [-0.1, -0.05) is 15.9 Å². The molecular weight excluding hydrogens is 182 g/mol. The first-order valence-electron chi connectivity index (χ1n) is 2.96. The molecular formula is C6H8BrNO. The number of rotatable bonds is 1. The van der Waals surface area contributed by atoms with E-state index >= 15 is 0 Å². The minimum Gasteiger partial charge on any atom is -0.381 e. The SMILES string of the molecule is N#CC(Br)C1CCOC1. The van der Waals surface area contributed by atoms with E-state index in [2.05, 4.69) is 22.0 Å². The number of nitriles is 1. The molecule has 2 atom stereocenters. The summed E-state index contributed by atoms with van der Waals surface area (Å²) in [5, 5.41) is 8.44. The highest BCUT2D eigenvalue weighted by Crippen LogP contribution is 2.21. The van der Waals surface area contributed by atoms with Gasteiger partial charge in [0, 0.05) is 12.5 Å². The Morgan fingerprint density at radius 3 is 3.00 bits per heavy atom. The van der Waals surface area contributed by atoms with Crippen molar-refractivity contribution in [2.75, 3.05) is 13.2 Å². The largest absolute Gasteiger partial charge is 0.381 e. The van der Waals surface area contributed by atoms with Gasteiger partial charge in [0.2, 0.25) is 0 Å². The lowest BCUT2D eigenvalue weighted by atomic mass is 10.1. The maximum atomic E-state index is 8.44. The fourth-order valence-electron chi connectivity index (χ4n) is 0.889. The standard InChI is InChI=1S/C6H8BrNO/c7-6(3-8)5-1-2-9-4-5/h5-6H,1-2,4H2. The summed E-state index contributed by atoms with van der Waals surface area (Å²) in [5.74, 6) is 0.412. The highest BCUT2D eigenvalue weighted by atomic mass is 79.9. The first-order valence-corrected chi connectivity index (χ1v) is 3.87. The van der Waals surface area contributed by atoms with Gasteiger partial charge in [-0.3, -0.25) is 0 Å². The maximum Gasteiger partial charge on any atom is 0.106 e. The van der Waals surface area contributed by atoms with Crippen LogP contribution in [-0.4, -0.2) is 18.0 Å². The zero-order chi connectivity index (χ0) is 6.69. The van der Waals surface area contributed by atoms with Gasteiger partial charge in [0.05, 0.1) is 12.7 Å². The molecule has 1 rings (SSSR count). The molecule has 50 valence electrons. The van der Waals surface area contributed by atoms with Crippen LogP contribution in [0.25, 0.3) is 0 Å². The summed E-state index contributed by atoms with van der Waals surface area (Å²) in [6.45, 7) is 1.55. The van der Waals surface area contributed by atoms with Gasteiger partial charge in [0.25, 0.3) is 0 Å². The number of ether oxygens (including phenoxy) is 1. The topological polar surface area (TPSA) is 33.0 Å².